The van der Waals surface area contributed by atoms with Gasteiger partial charge in [-0.15, -0.1) is 0 Å². The smallest absolute Gasteiger partial charge is 0.260 e. The second-order valence-corrected chi connectivity index (χ2v) is 3.41. The Hall–Kier alpha value is -1.66. The van der Waals surface area contributed by atoms with E-state index in [4.69, 9.17) is 4.74 Å². The monoisotopic (exact) mass is 239 g/mol. The molecule has 94 valence electrons. The number of pyridine rings is 1. The topological polar surface area (TPSA) is 83.2 Å². The van der Waals surface area contributed by atoms with Crippen LogP contribution in [-0.4, -0.2) is 44.2 Å². The molecule has 1 rings (SSSR count). The van der Waals surface area contributed by atoms with E-state index < -0.39 is 0 Å². The molecular formula is C11H17N3O3. The molecule has 0 atom stereocenters. The summed E-state index contributed by atoms with van der Waals surface area (Å²) in [6.45, 7) is 2.47. The number of hydrogen-bond acceptors (Lipinski definition) is 4. The minimum atomic E-state index is -0.377. The maximum Gasteiger partial charge on any atom is 0.260 e. The zero-order chi connectivity index (χ0) is 12.5. The molecule has 0 aliphatic rings. The number of H-pyrrole nitrogens is 1. The Labute approximate surface area is 99.4 Å². The molecule has 3 N–H and O–H groups in total. The molecule has 1 aromatic heterocycles. The lowest BCUT2D eigenvalue weighted by atomic mass is 10.2. The van der Waals surface area contributed by atoms with Crippen LogP contribution in [0.1, 0.15) is 10.4 Å². The van der Waals surface area contributed by atoms with Gasteiger partial charge in [-0.1, -0.05) is 0 Å². The van der Waals surface area contributed by atoms with Gasteiger partial charge in [-0.2, -0.15) is 0 Å². The third kappa shape index (κ3) is 4.80. The Kier molecular flexibility index (Phi) is 5.98. The highest BCUT2D eigenvalue weighted by Crippen LogP contribution is 1.87. The van der Waals surface area contributed by atoms with Crippen LogP contribution >= 0.6 is 0 Å². The van der Waals surface area contributed by atoms with Crippen molar-refractivity contribution in [1.82, 2.24) is 15.6 Å². The normalized spacial score (nSPS) is 10.2. The molecule has 0 radical (unpaired) electrons. The van der Waals surface area contributed by atoms with Gasteiger partial charge in [0.25, 0.3) is 11.5 Å². The van der Waals surface area contributed by atoms with E-state index in [9.17, 15) is 9.59 Å². The zero-order valence-corrected chi connectivity index (χ0v) is 9.79. The first kappa shape index (κ1) is 13.4. The van der Waals surface area contributed by atoms with Crippen molar-refractivity contribution >= 4 is 5.91 Å². The van der Waals surface area contributed by atoms with Crippen LogP contribution in [0.15, 0.2) is 23.1 Å². The van der Waals surface area contributed by atoms with Crippen molar-refractivity contribution in [2.75, 3.05) is 33.4 Å². The summed E-state index contributed by atoms with van der Waals surface area (Å²) in [5.74, 6) is -0.361. The number of nitrogens with one attached hydrogen (secondary N) is 3. The Morgan fingerprint density at radius 1 is 1.41 bits per heavy atom. The Bertz CT molecular complexity index is 403. The van der Waals surface area contributed by atoms with Gasteiger partial charge in [0.1, 0.15) is 5.56 Å². The molecule has 0 saturated heterocycles. The molecule has 0 aliphatic carbocycles. The predicted octanol–water partition coefficient (Wildman–Crippen LogP) is -0.659. The molecule has 0 aliphatic heterocycles. The Balaban J connectivity index is 2.26. The highest BCUT2D eigenvalue weighted by atomic mass is 16.5. The molecule has 1 aromatic rings. The van der Waals surface area contributed by atoms with Crippen molar-refractivity contribution in [3.05, 3.63) is 34.2 Å². The third-order valence-electron chi connectivity index (χ3n) is 2.13. The number of rotatable bonds is 7. The van der Waals surface area contributed by atoms with Crippen LogP contribution < -0.4 is 16.2 Å². The molecule has 6 heteroatoms. The van der Waals surface area contributed by atoms with E-state index in [1.54, 1.807) is 13.2 Å². The fourth-order valence-electron chi connectivity index (χ4n) is 1.26. The van der Waals surface area contributed by atoms with Crippen molar-refractivity contribution in [2.45, 2.75) is 0 Å². The van der Waals surface area contributed by atoms with Crippen LogP contribution in [0.4, 0.5) is 0 Å². The first-order valence-corrected chi connectivity index (χ1v) is 5.41. The van der Waals surface area contributed by atoms with Gasteiger partial charge < -0.3 is 20.4 Å². The average Bonchev–Trinajstić information content (AvgIpc) is 2.34. The molecular weight excluding hydrogens is 222 g/mol. The first-order valence-electron chi connectivity index (χ1n) is 5.41. The van der Waals surface area contributed by atoms with Gasteiger partial charge >= 0.3 is 0 Å². The molecule has 0 fully saturated rings. The summed E-state index contributed by atoms with van der Waals surface area (Å²) in [6, 6.07) is 3.11. The SMILES string of the molecule is COCCNCCNC(=O)c1ccc[nH]c1=O. The summed E-state index contributed by atoms with van der Waals surface area (Å²) in [6.07, 6.45) is 1.49. The molecule has 0 saturated carbocycles. The lowest BCUT2D eigenvalue weighted by Crippen LogP contribution is -2.35. The molecule has 0 bridgehead atoms. The largest absolute Gasteiger partial charge is 0.383 e. The van der Waals surface area contributed by atoms with E-state index in [0.29, 0.717) is 19.7 Å². The zero-order valence-electron chi connectivity index (χ0n) is 9.79. The summed E-state index contributed by atoms with van der Waals surface area (Å²) < 4.78 is 4.86. The number of aromatic nitrogens is 1. The van der Waals surface area contributed by atoms with Gasteiger partial charge in [-0.05, 0) is 12.1 Å². The fraction of sp³-hybridized carbons (Fsp3) is 0.455. The van der Waals surface area contributed by atoms with E-state index in [2.05, 4.69) is 15.6 Å². The van der Waals surface area contributed by atoms with E-state index in [1.165, 1.54) is 12.3 Å². The van der Waals surface area contributed by atoms with Gasteiger partial charge in [0.2, 0.25) is 0 Å². The lowest BCUT2D eigenvalue weighted by molar-refractivity contribution is 0.0952. The van der Waals surface area contributed by atoms with Crippen LogP contribution in [-0.2, 0) is 4.74 Å². The quantitative estimate of drug-likeness (QED) is 0.552. The molecule has 1 amide bonds. The van der Waals surface area contributed by atoms with Gasteiger partial charge in [-0.3, -0.25) is 9.59 Å². The van der Waals surface area contributed by atoms with E-state index in [0.717, 1.165) is 6.54 Å². The van der Waals surface area contributed by atoms with Crippen molar-refractivity contribution < 1.29 is 9.53 Å². The number of carbonyl (C=O) groups excluding carboxylic acids is 1. The van der Waals surface area contributed by atoms with Gasteiger partial charge in [0, 0.05) is 32.9 Å². The highest BCUT2D eigenvalue weighted by molar-refractivity contribution is 5.93. The van der Waals surface area contributed by atoms with E-state index >= 15 is 0 Å². The van der Waals surface area contributed by atoms with Crippen molar-refractivity contribution in [3.8, 4) is 0 Å². The lowest BCUT2D eigenvalue weighted by Gasteiger charge is -2.05. The highest BCUT2D eigenvalue weighted by Gasteiger charge is 2.07. The second-order valence-electron chi connectivity index (χ2n) is 3.41. The van der Waals surface area contributed by atoms with Gasteiger partial charge in [0.15, 0.2) is 0 Å². The van der Waals surface area contributed by atoms with Crippen LogP contribution in [0, 0.1) is 0 Å². The molecule has 6 nitrogen and oxygen atoms in total. The van der Waals surface area contributed by atoms with E-state index in [1.807, 2.05) is 0 Å². The summed E-state index contributed by atoms with van der Waals surface area (Å²) >= 11 is 0. The van der Waals surface area contributed by atoms with Crippen molar-refractivity contribution in [3.63, 3.8) is 0 Å². The number of hydrogen-bond donors (Lipinski definition) is 3. The number of aromatic amines is 1. The summed E-state index contributed by atoms with van der Waals surface area (Å²) in [7, 11) is 1.63. The summed E-state index contributed by atoms with van der Waals surface area (Å²) in [5, 5.41) is 5.74. The minimum absolute atomic E-state index is 0.129. The molecule has 0 spiro atoms. The van der Waals surface area contributed by atoms with Crippen molar-refractivity contribution in [2.24, 2.45) is 0 Å². The Morgan fingerprint density at radius 3 is 2.94 bits per heavy atom. The van der Waals surface area contributed by atoms with E-state index in [-0.39, 0.29) is 17.0 Å². The average molecular weight is 239 g/mol. The first-order chi connectivity index (χ1) is 8.25. The molecule has 1 heterocycles. The van der Waals surface area contributed by atoms with Crippen LogP contribution in [0.2, 0.25) is 0 Å². The van der Waals surface area contributed by atoms with Crippen LogP contribution in [0.3, 0.4) is 0 Å². The number of carbonyl (C=O) groups is 1. The molecule has 0 unspecified atom stereocenters. The maximum absolute atomic E-state index is 11.6. The standard InChI is InChI=1S/C11H17N3O3/c1-17-8-7-12-5-6-14-11(16)9-3-2-4-13-10(9)15/h2-4,12H,5-8H2,1H3,(H,13,15)(H,14,16). The van der Waals surface area contributed by atoms with Crippen LogP contribution in [0.25, 0.3) is 0 Å². The summed E-state index contributed by atoms with van der Waals surface area (Å²) in [4.78, 5) is 25.3. The Morgan fingerprint density at radius 2 is 2.24 bits per heavy atom. The van der Waals surface area contributed by atoms with Crippen LogP contribution in [0.5, 0.6) is 0 Å². The number of methoxy groups -OCH3 is 1. The number of ether oxygens (including phenoxy) is 1. The number of amides is 1. The third-order valence-corrected chi connectivity index (χ3v) is 2.13. The maximum atomic E-state index is 11.6. The second kappa shape index (κ2) is 7.59. The molecule has 0 aromatic carbocycles. The van der Waals surface area contributed by atoms with Gasteiger partial charge in [0.05, 0.1) is 6.61 Å². The minimum Gasteiger partial charge on any atom is -0.383 e. The van der Waals surface area contributed by atoms with Gasteiger partial charge in [-0.25, -0.2) is 0 Å². The van der Waals surface area contributed by atoms with Crippen molar-refractivity contribution in [1.29, 1.82) is 0 Å². The molecule has 17 heavy (non-hydrogen) atoms. The predicted molar refractivity (Wildman–Crippen MR) is 64.1 cm³/mol. The summed E-state index contributed by atoms with van der Waals surface area (Å²) in [5.41, 5.74) is -0.248. The fourth-order valence-corrected chi connectivity index (χ4v) is 1.26.